The highest BCUT2D eigenvalue weighted by Gasteiger charge is 2.37. The highest BCUT2D eigenvalue weighted by molar-refractivity contribution is 6.52. The van der Waals surface area contributed by atoms with Gasteiger partial charge in [-0.15, -0.1) is 0 Å². The van der Waals surface area contributed by atoms with Crippen molar-refractivity contribution in [3.8, 4) is 0 Å². The van der Waals surface area contributed by atoms with Crippen molar-refractivity contribution in [1.29, 1.82) is 0 Å². The largest absolute Gasteiger partial charge is 0.377 e. The van der Waals surface area contributed by atoms with E-state index >= 15 is 0 Å². The summed E-state index contributed by atoms with van der Waals surface area (Å²) < 4.78 is 10.1. The lowest BCUT2D eigenvalue weighted by Crippen LogP contribution is -2.29. The summed E-state index contributed by atoms with van der Waals surface area (Å²) in [6.45, 7) is 2.39. The molecule has 0 atom stereocenters. The van der Waals surface area contributed by atoms with Crippen molar-refractivity contribution in [2.75, 3.05) is 12.0 Å². The van der Waals surface area contributed by atoms with Crippen molar-refractivity contribution < 1.29 is 18.8 Å². The van der Waals surface area contributed by atoms with Crippen LogP contribution in [0.3, 0.4) is 0 Å². The minimum absolute atomic E-state index is 0.204. The fourth-order valence-corrected chi connectivity index (χ4v) is 2.49. The first-order valence-electron chi connectivity index (χ1n) is 6.51. The van der Waals surface area contributed by atoms with Crippen LogP contribution in [0.2, 0.25) is 0 Å². The number of hydrogen-bond donors (Lipinski definition) is 0. The van der Waals surface area contributed by atoms with Crippen LogP contribution in [0.15, 0.2) is 28.8 Å². The van der Waals surface area contributed by atoms with Gasteiger partial charge in [-0.05, 0) is 18.6 Å². The highest BCUT2D eigenvalue weighted by atomic mass is 16.5. The van der Waals surface area contributed by atoms with E-state index in [0.29, 0.717) is 29.3 Å². The molecule has 0 bridgehead atoms. The van der Waals surface area contributed by atoms with Crippen LogP contribution < -0.4 is 4.90 Å². The zero-order valence-electron chi connectivity index (χ0n) is 11.8. The molecule has 6 heteroatoms. The first kappa shape index (κ1) is 13.5. The van der Waals surface area contributed by atoms with Gasteiger partial charge in [-0.2, -0.15) is 0 Å². The lowest BCUT2D eigenvalue weighted by molar-refractivity contribution is -0.114. The maximum absolute atomic E-state index is 12.1. The molecular weight excluding hydrogens is 272 g/mol. The van der Waals surface area contributed by atoms with Gasteiger partial charge >= 0.3 is 0 Å². The number of fused-ring (bicyclic) bond motifs is 1. The Bertz CT molecular complexity index is 720. The minimum Gasteiger partial charge on any atom is -0.377 e. The van der Waals surface area contributed by atoms with Gasteiger partial charge in [0.05, 0.1) is 17.8 Å². The molecule has 0 spiro atoms. The number of nitrogens with zero attached hydrogens (tertiary/aromatic N) is 2. The van der Waals surface area contributed by atoms with E-state index in [0.717, 1.165) is 5.56 Å². The fourth-order valence-electron chi connectivity index (χ4n) is 2.49. The molecule has 6 nitrogen and oxygen atoms in total. The van der Waals surface area contributed by atoms with Gasteiger partial charge in [0.15, 0.2) is 5.76 Å². The topological polar surface area (TPSA) is 72.6 Å². The first-order chi connectivity index (χ1) is 10.1. The van der Waals surface area contributed by atoms with Crippen LogP contribution in [0.5, 0.6) is 0 Å². The molecule has 108 valence electrons. The third-order valence-corrected chi connectivity index (χ3v) is 3.41. The number of hydrogen-bond acceptors (Lipinski definition) is 5. The molecular formula is C15H14N2O4. The van der Waals surface area contributed by atoms with E-state index in [1.54, 1.807) is 25.3 Å². The van der Waals surface area contributed by atoms with E-state index in [-0.39, 0.29) is 6.54 Å². The van der Waals surface area contributed by atoms with Gasteiger partial charge in [-0.1, -0.05) is 17.3 Å². The molecule has 0 N–H and O–H groups in total. The van der Waals surface area contributed by atoms with Crippen LogP contribution in [-0.2, 0) is 22.7 Å². The molecule has 2 aromatic rings. The van der Waals surface area contributed by atoms with Crippen molar-refractivity contribution in [2.24, 2.45) is 0 Å². The van der Waals surface area contributed by atoms with E-state index < -0.39 is 11.7 Å². The molecule has 3 rings (SSSR count). The Kier molecular flexibility index (Phi) is 3.31. The van der Waals surface area contributed by atoms with E-state index in [4.69, 9.17) is 9.26 Å². The molecule has 21 heavy (non-hydrogen) atoms. The zero-order chi connectivity index (χ0) is 15.0. The van der Waals surface area contributed by atoms with Crippen molar-refractivity contribution >= 4 is 17.4 Å². The summed E-state index contributed by atoms with van der Waals surface area (Å²) in [6.07, 6.45) is 0. The van der Waals surface area contributed by atoms with Crippen molar-refractivity contribution in [1.82, 2.24) is 5.16 Å². The number of carbonyl (C=O) groups excluding carboxylic acids is 2. The Morgan fingerprint density at radius 3 is 2.90 bits per heavy atom. The maximum atomic E-state index is 12.1. The molecule has 1 aromatic carbocycles. The normalized spacial score (nSPS) is 13.9. The molecule has 0 fully saturated rings. The number of Topliss-reactive ketones (excluding diaryl/α,β-unsaturated/α-hetero) is 1. The number of methoxy groups -OCH3 is 1. The lowest BCUT2D eigenvalue weighted by atomic mass is 10.1. The second kappa shape index (κ2) is 5.14. The van der Waals surface area contributed by atoms with Crippen LogP contribution in [0.4, 0.5) is 5.69 Å². The summed E-state index contributed by atoms with van der Waals surface area (Å²) in [5, 5.41) is 3.90. The predicted octanol–water partition coefficient (Wildman–Crippen LogP) is 1.86. The molecule has 2 heterocycles. The molecule has 1 aliphatic heterocycles. The van der Waals surface area contributed by atoms with Gasteiger partial charge in [-0.3, -0.25) is 14.5 Å². The number of amides is 1. The quantitative estimate of drug-likeness (QED) is 0.802. The summed E-state index contributed by atoms with van der Waals surface area (Å²) in [4.78, 5) is 25.6. The number of aryl methyl sites for hydroxylation is 1. The van der Waals surface area contributed by atoms with Gasteiger partial charge in [0.1, 0.15) is 12.3 Å². The molecule has 1 aromatic heterocycles. The number of anilines is 1. The number of rotatable bonds is 4. The summed E-state index contributed by atoms with van der Waals surface area (Å²) in [5.74, 6) is -0.430. The highest BCUT2D eigenvalue weighted by Crippen LogP contribution is 2.33. The van der Waals surface area contributed by atoms with Gasteiger partial charge in [0.25, 0.3) is 11.7 Å². The van der Waals surface area contributed by atoms with Crippen molar-refractivity contribution in [2.45, 2.75) is 20.1 Å². The molecule has 0 aliphatic carbocycles. The SMILES string of the molecule is COCc1cc(CN2C(=O)C(=O)c3cccc(C)c32)no1. The maximum Gasteiger partial charge on any atom is 0.299 e. The number of ketones is 1. The second-order valence-corrected chi connectivity index (χ2v) is 4.91. The average molecular weight is 286 g/mol. The average Bonchev–Trinajstić information content (AvgIpc) is 3.00. The van der Waals surface area contributed by atoms with Gasteiger partial charge in [0.2, 0.25) is 0 Å². The summed E-state index contributed by atoms with van der Waals surface area (Å²) in [5.41, 5.74) is 2.57. The molecule has 0 unspecified atom stereocenters. The Labute approximate surface area is 121 Å². The van der Waals surface area contributed by atoms with Gasteiger partial charge in [0, 0.05) is 13.2 Å². The van der Waals surface area contributed by atoms with Crippen molar-refractivity contribution in [3.63, 3.8) is 0 Å². The molecule has 1 amide bonds. The smallest absolute Gasteiger partial charge is 0.299 e. The lowest BCUT2D eigenvalue weighted by Gasteiger charge is -2.16. The van der Waals surface area contributed by atoms with E-state index in [9.17, 15) is 9.59 Å². The van der Waals surface area contributed by atoms with E-state index in [1.807, 2.05) is 13.0 Å². The standard InChI is InChI=1S/C15H14N2O4/c1-9-4-3-5-12-13(9)17(15(19)14(12)18)7-10-6-11(8-20-2)21-16-10/h3-6H,7-8H2,1-2H3. The summed E-state index contributed by atoms with van der Waals surface area (Å²) >= 11 is 0. The van der Waals surface area contributed by atoms with Gasteiger partial charge in [-0.25, -0.2) is 0 Å². The van der Waals surface area contributed by atoms with Crippen LogP contribution in [0.25, 0.3) is 0 Å². The molecule has 0 saturated carbocycles. The third kappa shape index (κ3) is 2.23. The predicted molar refractivity (Wildman–Crippen MR) is 73.9 cm³/mol. The Morgan fingerprint density at radius 2 is 2.14 bits per heavy atom. The van der Waals surface area contributed by atoms with Crippen molar-refractivity contribution in [3.05, 3.63) is 46.8 Å². The third-order valence-electron chi connectivity index (χ3n) is 3.41. The zero-order valence-corrected chi connectivity index (χ0v) is 11.8. The molecule has 1 aliphatic rings. The van der Waals surface area contributed by atoms with E-state index in [2.05, 4.69) is 5.16 Å². The summed E-state index contributed by atoms with van der Waals surface area (Å²) in [6, 6.07) is 7.03. The summed E-state index contributed by atoms with van der Waals surface area (Å²) in [7, 11) is 1.56. The van der Waals surface area contributed by atoms with E-state index in [1.165, 1.54) is 4.90 Å². The van der Waals surface area contributed by atoms with Crippen LogP contribution in [0, 0.1) is 6.92 Å². The number of aromatic nitrogens is 1. The number of para-hydroxylation sites is 1. The Hall–Kier alpha value is -2.47. The number of ether oxygens (including phenoxy) is 1. The monoisotopic (exact) mass is 286 g/mol. The minimum atomic E-state index is -0.532. The van der Waals surface area contributed by atoms with Gasteiger partial charge < -0.3 is 9.26 Å². The molecule has 0 saturated heterocycles. The first-order valence-corrected chi connectivity index (χ1v) is 6.51. The Balaban J connectivity index is 1.92. The Morgan fingerprint density at radius 1 is 1.33 bits per heavy atom. The fraction of sp³-hybridized carbons (Fsp3) is 0.267. The second-order valence-electron chi connectivity index (χ2n) is 4.91. The number of benzene rings is 1. The van der Waals surface area contributed by atoms with Crippen LogP contribution in [-0.4, -0.2) is 24.0 Å². The number of carbonyl (C=O) groups is 2. The molecule has 0 radical (unpaired) electrons. The van der Waals surface area contributed by atoms with Crippen LogP contribution in [0.1, 0.15) is 27.4 Å². The van der Waals surface area contributed by atoms with Crippen LogP contribution >= 0.6 is 0 Å².